The summed E-state index contributed by atoms with van der Waals surface area (Å²) in [7, 11) is 1.92. The van der Waals surface area contributed by atoms with Crippen LogP contribution in [0.5, 0.6) is 0 Å². The lowest BCUT2D eigenvalue weighted by atomic mass is 9.80. The molecule has 1 aromatic carbocycles. The lowest BCUT2D eigenvalue weighted by Gasteiger charge is -2.26. The number of benzene rings is 1. The van der Waals surface area contributed by atoms with Gasteiger partial charge in [0.15, 0.2) is 0 Å². The molecule has 0 bridgehead atoms. The normalized spacial score (nSPS) is 17.8. The van der Waals surface area contributed by atoms with Crippen molar-refractivity contribution in [2.45, 2.75) is 31.7 Å². The van der Waals surface area contributed by atoms with Crippen molar-refractivity contribution in [3.63, 3.8) is 0 Å². The van der Waals surface area contributed by atoms with Gasteiger partial charge in [0.25, 0.3) is 0 Å². The van der Waals surface area contributed by atoms with Crippen LogP contribution in [0.3, 0.4) is 0 Å². The van der Waals surface area contributed by atoms with E-state index < -0.39 is 0 Å². The van der Waals surface area contributed by atoms with Gasteiger partial charge < -0.3 is 5.32 Å². The van der Waals surface area contributed by atoms with E-state index in [1.165, 1.54) is 5.56 Å². The first-order valence-corrected chi connectivity index (χ1v) is 7.16. The highest BCUT2D eigenvalue weighted by molar-refractivity contribution is 5.40. The summed E-state index contributed by atoms with van der Waals surface area (Å²) in [6, 6.07) is 9.24. The van der Waals surface area contributed by atoms with Crippen molar-refractivity contribution in [3.8, 4) is 0 Å². The molecule has 1 heterocycles. The number of hydrogen-bond acceptors (Lipinski definition) is 2. The minimum atomic E-state index is -0.164. The Balaban J connectivity index is 2.07. The highest BCUT2D eigenvalue weighted by atomic mass is 19.1. The molecule has 0 spiro atoms. The summed E-state index contributed by atoms with van der Waals surface area (Å²) in [6.45, 7) is 0.758. The van der Waals surface area contributed by atoms with Crippen LogP contribution in [0.2, 0.25) is 0 Å². The summed E-state index contributed by atoms with van der Waals surface area (Å²) in [5.41, 5.74) is 4.68. The fourth-order valence-electron chi connectivity index (χ4n) is 3.15. The van der Waals surface area contributed by atoms with Gasteiger partial charge >= 0.3 is 0 Å². The van der Waals surface area contributed by atoms with Crippen LogP contribution in [0.4, 0.5) is 4.39 Å². The molecule has 1 N–H and O–H groups in total. The van der Waals surface area contributed by atoms with Crippen LogP contribution in [0, 0.1) is 5.82 Å². The number of hydrogen-bond donors (Lipinski definition) is 1. The molecule has 0 aliphatic heterocycles. The molecule has 0 fully saturated rings. The fourth-order valence-corrected chi connectivity index (χ4v) is 3.15. The Bertz CT molecular complexity index is 610. The molecule has 1 atom stereocenters. The Hall–Kier alpha value is -1.74. The van der Waals surface area contributed by atoms with Crippen molar-refractivity contribution in [3.05, 3.63) is 64.7 Å². The average molecular weight is 270 g/mol. The molecule has 0 saturated carbocycles. The van der Waals surface area contributed by atoms with Gasteiger partial charge in [-0.3, -0.25) is 4.98 Å². The van der Waals surface area contributed by atoms with Crippen LogP contribution >= 0.6 is 0 Å². The number of fused-ring (bicyclic) bond motifs is 1. The molecule has 0 radical (unpaired) electrons. The smallest absolute Gasteiger partial charge is 0.123 e. The minimum Gasteiger partial charge on any atom is -0.316 e. The van der Waals surface area contributed by atoms with Crippen molar-refractivity contribution in [2.24, 2.45) is 0 Å². The van der Waals surface area contributed by atoms with Crippen LogP contribution < -0.4 is 5.32 Å². The lowest BCUT2D eigenvalue weighted by molar-refractivity contribution is 0.580. The van der Waals surface area contributed by atoms with Gasteiger partial charge in [0.1, 0.15) is 5.82 Å². The first kappa shape index (κ1) is 13.3. The molecule has 20 heavy (non-hydrogen) atoms. The predicted molar refractivity (Wildman–Crippen MR) is 78.2 cm³/mol. The van der Waals surface area contributed by atoms with Gasteiger partial charge in [-0.25, -0.2) is 4.39 Å². The molecule has 1 aromatic heterocycles. The largest absolute Gasteiger partial charge is 0.316 e. The van der Waals surface area contributed by atoms with Crippen LogP contribution in [0.15, 0.2) is 36.5 Å². The van der Waals surface area contributed by atoms with Gasteiger partial charge in [-0.2, -0.15) is 0 Å². The number of aromatic nitrogens is 1. The quantitative estimate of drug-likeness (QED) is 0.924. The molecule has 0 saturated heterocycles. The topological polar surface area (TPSA) is 24.9 Å². The number of pyridine rings is 1. The number of aryl methyl sites for hydroxylation is 1. The molecule has 104 valence electrons. The zero-order valence-electron chi connectivity index (χ0n) is 11.7. The average Bonchev–Trinajstić information content (AvgIpc) is 2.49. The Morgan fingerprint density at radius 2 is 2.25 bits per heavy atom. The predicted octanol–water partition coefficient (Wildman–Crippen LogP) is 3.41. The third-order valence-electron chi connectivity index (χ3n) is 4.05. The summed E-state index contributed by atoms with van der Waals surface area (Å²) in [5.74, 6) is 0.0573. The van der Waals surface area contributed by atoms with E-state index in [0.717, 1.165) is 42.6 Å². The van der Waals surface area contributed by atoms with E-state index in [1.807, 2.05) is 25.4 Å². The van der Waals surface area contributed by atoms with Gasteiger partial charge in [-0.1, -0.05) is 12.1 Å². The van der Waals surface area contributed by atoms with Gasteiger partial charge in [0.2, 0.25) is 0 Å². The molecule has 0 amide bonds. The molecule has 2 aromatic rings. The van der Waals surface area contributed by atoms with E-state index in [9.17, 15) is 4.39 Å². The monoisotopic (exact) mass is 270 g/mol. The second-order valence-electron chi connectivity index (χ2n) is 5.37. The number of halogens is 1. The first-order valence-electron chi connectivity index (χ1n) is 7.16. The van der Waals surface area contributed by atoms with Crippen LogP contribution in [-0.4, -0.2) is 12.0 Å². The van der Waals surface area contributed by atoms with Crippen molar-refractivity contribution >= 4 is 0 Å². The van der Waals surface area contributed by atoms with Crippen molar-refractivity contribution in [1.82, 2.24) is 10.3 Å². The second-order valence-corrected chi connectivity index (χ2v) is 5.37. The highest BCUT2D eigenvalue weighted by Crippen LogP contribution is 2.37. The van der Waals surface area contributed by atoms with Crippen molar-refractivity contribution in [2.75, 3.05) is 7.05 Å². The zero-order chi connectivity index (χ0) is 13.9. The van der Waals surface area contributed by atoms with E-state index >= 15 is 0 Å². The van der Waals surface area contributed by atoms with E-state index in [-0.39, 0.29) is 11.7 Å². The third kappa shape index (κ3) is 2.46. The molecule has 1 aliphatic rings. The lowest BCUT2D eigenvalue weighted by Crippen LogP contribution is -2.16. The zero-order valence-corrected chi connectivity index (χ0v) is 11.7. The summed E-state index contributed by atoms with van der Waals surface area (Å²) < 4.78 is 13.7. The Morgan fingerprint density at radius 3 is 3.10 bits per heavy atom. The van der Waals surface area contributed by atoms with E-state index in [0.29, 0.717) is 0 Å². The molecule has 3 heteroatoms. The van der Waals surface area contributed by atoms with E-state index in [2.05, 4.69) is 16.4 Å². The van der Waals surface area contributed by atoms with Crippen molar-refractivity contribution < 1.29 is 4.39 Å². The standard InChI is InChI=1S/C17H19FN2/c1-19-11-13-7-8-14(18)10-16(13)15-6-2-4-12-5-3-9-20-17(12)15/h3,5,7-10,15,19H,2,4,6,11H2,1H3. The number of nitrogens with one attached hydrogen (secondary N) is 1. The van der Waals surface area contributed by atoms with E-state index in [4.69, 9.17) is 0 Å². The Kier molecular flexibility index (Phi) is 3.79. The van der Waals surface area contributed by atoms with Crippen LogP contribution in [0.1, 0.15) is 41.1 Å². The maximum atomic E-state index is 13.7. The molecule has 1 unspecified atom stereocenters. The Morgan fingerprint density at radius 1 is 1.35 bits per heavy atom. The molecule has 3 rings (SSSR count). The van der Waals surface area contributed by atoms with Crippen molar-refractivity contribution in [1.29, 1.82) is 0 Å². The minimum absolute atomic E-state index is 0.164. The maximum absolute atomic E-state index is 13.7. The maximum Gasteiger partial charge on any atom is 0.123 e. The summed E-state index contributed by atoms with van der Waals surface area (Å²) in [4.78, 5) is 4.57. The van der Waals surface area contributed by atoms with Gasteiger partial charge in [0.05, 0.1) is 5.69 Å². The van der Waals surface area contributed by atoms with Crippen LogP contribution in [0.25, 0.3) is 0 Å². The number of rotatable bonds is 3. The molecule has 1 aliphatic carbocycles. The summed E-state index contributed by atoms with van der Waals surface area (Å²) in [6.07, 6.45) is 5.10. The third-order valence-corrected chi connectivity index (χ3v) is 4.05. The summed E-state index contributed by atoms with van der Waals surface area (Å²) in [5, 5.41) is 3.16. The molecular weight excluding hydrogens is 251 g/mol. The fraction of sp³-hybridized carbons (Fsp3) is 0.353. The first-order chi connectivity index (χ1) is 9.79. The van der Waals surface area contributed by atoms with Gasteiger partial charge in [-0.05, 0) is 61.2 Å². The van der Waals surface area contributed by atoms with E-state index in [1.54, 1.807) is 12.1 Å². The Labute approximate surface area is 119 Å². The number of nitrogens with zero attached hydrogens (tertiary/aromatic N) is 1. The second kappa shape index (κ2) is 5.71. The molecule has 2 nitrogen and oxygen atoms in total. The van der Waals surface area contributed by atoms with Crippen LogP contribution in [-0.2, 0) is 13.0 Å². The highest BCUT2D eigenvalue weighted by Gasteiger charge is 2.25. The summed E-state index contributed by atoms with van der Waals surface area (Å²) >= 11 is 0. The van der Waals surface area contributed by atoms with Gasteiger partial charge in [0, 0.05) is 18.7 Å². The SMILES string of the molecule is CNCc1ccc(F)cc1C1CCCc2cccnc21. The molecular formula is C17H19FN2. The van der Waals surface area contributed by atoms with Gasteiger partial charge in [-0.15, -0.1) is 0 Å².